The van der Waals surface area contributed by atoms with Crippen molar-refractivity contribution in [2.75, 3.05) is 18.9 Å². The summed E-state index contributed by atoms with van der Waals surface area (Å²) in [7, 11) is 1.87. The van der Waals surface area contributed by atoms with Crippen molar-refractivity contribution in [2.24, 2.45) is 0 Å². The first kappa shape index (κ1) is 20.4. The van der Waals surface area contributed by atoms with Crippen molar-refractivity contribution in [2.45, 2.75) is 20.4 Å². The molecule has 28 heavy (non-hydrogen) atoms. The Morgan fingerprint density at radius 1 is 1.14 bits per heavy atom. The van der Waals surface area contributed by atoms with Crippen LogP contribution in [0.25, 0.3) is 5.69 Å². The summed E-state index contributed by atoms with van der Waals surface area (Å²) in [5.41, 5.74) is 4.29. The predicted molar refractivity (Wildman–Crippen MR) is 114 cm³/mol. The van der Waals surface area contributed by atoms with Crippen LogP contribution in [0.1, 0.15) is 17.0 Å². The SMILES string of the molecule is Cc1nn(-c2ccccc2)c(C)c1NC(=O)CN(C)Cc1ccc(Cl)cc1Cl. The highest BCUT2D eigenvalue weighted by molar-refractivity contribution is 6.35. The van der Waals surface area contributed by atoms with Gasteiger partial charge < -0.3 is 5.32 Å². The van der Waals surface area contributed by atoms with E-state index in [1.807, 2.05) is 66.9 Å². The van der Waals surface area contributed by atoms with E-state index >= 15 is 0 Å². The van der Waals surface area contributed by atoms with E-state index in [4.69, 9.17) is 23.2 Å². The smallest absolute Gasteiger partial charge is 0.238 e. The standard InChI is InChI=1S/C21H22Cl2N4O/c1-14-21(15(2)27(25-14)18-7-5-4-6-8-18)24-20(28)13-26(3)12-16-9-10-17(22)11-19(16)23/h4-11H,12-13H2,1-3H3,(H,24,28). The first-order chi connectivity index (χ1) is 13.3. The first-order valence-electron chi connectivity index (χ1n) is 8.89. The minimum absolute atomic E-state index is 0.105. The molecule has 2 aromatic carbocycles. The number of nitrogens with zero attached hydrogens (tertiary/aromatic N) is 3. The van der Waals surface area contributed by atoms with Crippen molar-refractivity contribution in [1.82, 2.24) is 14.7 Å². The summed E-state index contributed by atoms with van der Waals surface area (Å²) >= 11 is 12.2. The molecule has 1 N–H and O–H groups in total. The van der Waals surface area contributed by atoms with E-state index in [-0.39, 0.29) is 12.5 Å². The minimum Gasteiger partial charge on any atom is -0.322 e. The van der Waals surface area contributed by atoms with E-state index in [0.717, 1.165) is 28.3 Å². The molecule has 1 amide bonds. The van der Waals surface area contributed by atoms with Gasteiger partial charge in [-0.05, 0) is 50.7 Å². The van der Waals surface area contributed by atoms with E-state index in [1.165, 1.54) is 0 Å². The zero-order chi connectivity index (χ0) is 20.3. The second-order valence-electron chi connectivity index (χ2n) is 6.75. The average Bonchev–Trinajstić information content (AvgIpc) is 2.93. The van der Waals surface area contributed by atoms with Crippen LogP contribution in [0.15, 0.2) is 48.5 Å². The Balaban J connectivity index is 1.67. The first-order valence-corrected chi connectivity index (χ1v) is 9.64. The molecule has 0 atom stereocenters. The van der Waals surface area contributed by atoms with Crippen LogP contribution in [0.3, 0.4) is 0 Å². The third-order valence-electron chi connectivity index (χ3n) is 4.43. The second-order valence-corrected chi connectivity index (χ2v) is 7.59. The highest BCUT2D eigenvalue weighted by Crippen LogP contribution is 2.24. The third kappa shape index (κ3) is 4.73. The van der Waals surface area contributed by atoms with Crippen LogP contribution in [0, 0.1) is 13.8 Å². The number of carbonyl (C=O) groups excluding carboxylic acids is 1. The monoisotopic (exact) mass is 416 g/mol. The summed E-state index contributed by atoms with van der Waals surface area (Å²) in [5.74, 6) is -0.105. The zero-order valence-corrected chi connectivity index (χ0v) is 17.6. The predicted octanol–water partition coefficient (Wildman–Crippen LogP) is 4.87. The Kier molecular flexibility index (Phi) is 6.39. The molecule has 0 bridgehead atoms. The number of anilines is 1. The van der Waals surface area contributed by atoms with Crippen LogP contribution < -0.4 is 5.32 Å². The molecule has 7 heteroatoms. The molecule has 1 aromatic heterocycles. The number of benzene rings is 2. The van der Waals surface area contributed by atoms with Gasteiger partial charge in [0.15, 0.2) is 0 Å². The average molecular weight is 417 g/mol. The van der Waals surface area contributed by atoms with Gasteiger partial charge in [-0.25, -0.2) is 4.68 Å². The molecular weight excluding hydrogens is 395 g/mol. The molecule has 0 radical (unpaired) electrons. The van der Waals surface area contributed by atoms with Crippen molar-refractivity contribution in [3.8, 4) is 5.69 Å². The second kappa shape index (κ2) is 8.78. The van der Waals surface area contributed by atoms with E-state index < -0.39 is 0 Å². The lowest BCUT2D eigenvalue weighted by Gasteiger charge is -2.17. The maximum Gasteiger partial charge on any atom is 0.238 e. The third-order valence-corrected chi connectivity index (χ3v) is 5.01. The van der Waals surface area contributed by atoms with Gasteiger partial charge in [-0.15, -0.1) is 0 Å². The molecule has 0 unspecified atom stereocenters. The topological polar surface area (TPSA) is 50.2 Å². The Morgan fingerprint density at radius 3 is 2.54 bits per heavy atom. The molecule has 146 valence electrons. The van der Waals surface area contributed by atoms with Crippen molar-refractivity contribution < 1.29 is 4.79 Å². The molecule has 0 aliphatic carbocycles. The molecule has 3 rings (SSSR count). The van der Waals surface area contributed by atoms with Gasteiger partial charge in [0, 0.05) is 16.6 Å². The van der Waals surface area contributed by atoms with Crippen molar-refractivity contribution >= 4 is 34.8 Å². The number of aryl methyl sites for hydroxylation is 1. The van der Waals surface area contributed by atoms with Crippen molar-refractivity contribution in [3.05, 3.63) is 75.5 Å². The van der Waals surface area contributed by atoms with Crippen LogP contribution in [0.2, 0.25) is 10.0 Å². The molecule has 0 saturated heterocycles. The normalized spacial score (nSPS) is 11.1. The lowest BCUT2D eigenvalue weighted by atomic mass is 10.2. The highest BCUT2D eigenvalue weighted by atomic mass is 35.5. The van der Waals surface area contributed by atoms with Crippen LogP contribution in [-0.4, -0.2) is 34.2 Å². The van der Waals surface area contributed by atoms with Crippen LogP contribution >= 0.6 is 23.2 Å². The number of nitrogens with one attached hydrogen (secondary N) is 1. The number of hydrogen-bond donors (Lipinski definition) is 1. The molecule has 0 spiro atoms. The number of para-hydroxylation sites is 1. The number of halogens is 2. The summed E-state index contributed by atoms with van der Waals surface area (Å²) in [5, 5.41) is 8.74. The van der Waals surface area contributed by atoms with E-state index in [9.17, 15) is 4.79 Å². The summed E-state index contributed by atoms with van der Waals surface area (Å²) in [4.78, 5) is 14.5. The fourth-order valence-electron chi connectivity index (χ4n) is 3.06. The van der Waals surface area contributed by atoms with Gasteiger partial charge in [0.25, 0.3) is 0 Å². The molecule has 3 aromatic rings. The van der Waals surface area contributed by atoms with Crippen LogP contribution in [-0.2, 0) is 11.3 Å². The van der Waals surface area contributed by atoms with Gasteiger partial charge in [-0.1, -0.05) is 47.5 Å². The van der Waals surface area contributed by atoms with Gasteiger partial charge in [0.05, 0.1) is 29.3 Å². The Morgan fingerprint density at radius 2 is 1.86 bits per heavy atom. The molecular formula is C21H22Cl2N4O. The maximum absolute atomic E-state index is 12.6. The number of aromatic nitrogens is 2. The molecule has 1 heterocycles. The number of rotatable bonds is 6. The van der Waals surface area contributed by atoms with Gasteiger partial charge in [0.2, 0.25) is 5.91 Å². The molecule has 0 saturated carbocycles. The largest absolute Gasteiger partial charge is 0.322 e. The van der Waals surface area contributed by atoms with Crippen LogP contribution in [0.4, 0.5) is 5.69 Å². The van der Waals surface area contributed by atoms with Crippen LogP contribution in [0.5, 0.6) is 0 Å². The van der Waals surface area contributed by atoms with Crippen molar-refractivity contribution in [1.29, 1.82) is 0 Å². The molecule has 0 aliphatic rings. The quantitative estimate of drug-likeness (QED) is 0.623. The lowest BCUT2D eigenvalue weighted by molar-refractivity contribution is -0.117. The van der Waals surface area contributed by atoms with E-state index in [2.05, 4.69) is 10.4 Å². The minimum atomic E-state index is -0.105. The Bertz CT molecular complexity index is 986. The highest BCUT2D eigenvalue weighted by Gasteiger charge is 2.16. The zero-order valence-electron chi connectivity index (χ0n) is 16.0. The van der Waals surface area contributed by atoms with E-state index in [0.29, 0.717) is 16.6 Å². The Hall–Kier alpha value is -2.34. The summed E-state index contributed by atoms with van der Waals surface area (Å²) in [6, 6.07) is 15.2. The number of hydrogen-bond acceptors (Lipinski definition) is 3. The van der Waals surface area contributed by atoms with Gasteiger partial charge in [-0.3, -0.25) is 9.69 Å². The van der Waals surface area contributed by atoms with Gasteiger partial charge in [-0.2, -0.15) is 5.10 Å². The van der Waals surface area contributed by atoms with Gasteiger partial charge in [0.1, 0.15) is 0 Å². The van der Waals surface area contributed by atoms with E-state index in [1.54, 1.807) is 12.1 Å². The fourth-order valence-corrected chi connectivity index (χ4v) is 3.53. The number of amides is 1. The molecule has 5 nitrogen and oxygen atoms in total. The summed E-state index contributed by atoms with van der Waals surface area (Å²) in [6.07, 6.45) is 0. The summed E-state index contributed by atoms with van der Waals surface area (Å²) in [6.45, 7) is 4.61. The molecule has 0 fully saturated rings. The fraction of sp³-hybridized carbons (Fsp3) is 0.238. The van der Waals surface area contributed by atoms with Crippen molar-refractivity contribution in [3.63, 3.8) is 0 Å². The van der Waals surface area contributed by atoms with Gasteiger partial charge >= 0.3 is 0 Å². The number of likely N-dealkylation sites (N-methyl/N-ethyl adjacent to an activating group) is 1. The molecule has 0 aliphatic heterocycles. The number of carbonyl (C=O) groups is 1. The summed E-state index contributed by atoms with van der Waals surface area (Å²) < 4.78 is 1.84. The lowest BCUT2D eigenvalue weighted by Crippen LogP contribution is -2.30. The Labute approximate surface area is 174 Å². The maximum atomic E-state index is 12.6.